The van der Waals surface area contributed by atoms with Gasteiger partial charge in [0.1, 0.15) is 5.75 Å². The van der Waals surface area contributed by atoms with Crippen LogP contribution in [0.5, 0.6) is 5.75 Å². The molecule has 112 valence electrons. The molecule has 22 heavy (non-hydrogen) atoms. The van der Waals surface area contributed by atoms with Crippen LogP contribution in [-0.4, -0.2) is 26.6 Å². The number of benzene rings is 1. The van der Waals surface area contributed by atoms with Crippen LogP contribution in [0, 0.1) is 10.1 Å². The maximum atomic E-state index is 11.8. The number of carbonyl (C=O) groups excluding carboxylic acids is 1. The number of nitro groups is 1. The zero-order chi connectivity index (χ0) is 16.1. The van der Waals surface area contributed by atoms with E-state index in [9.17, 15) is 20.0 Å². The number of non-ortho nitro benzene ring substituents is 1. The Morgan fingerprint density at radius 1 is 1.41 bits per heavy atom. The smallest absolute Gasteiger partial charge is 0.272 e. The average molecular weight is 300 g/mol. The molecule has 2 aromatic rings. The van der Waals surface area contributed by atoms with E-state index in [1.54, 1.807) is 12.1 Å². The van der Waals surface area contributed by atoms with Crippen molar-refractivity contribution in [3.05, 3.63) is 64.0 Å². The highest BCUT2D eigenvalue weighted by atomic mass is 16.6. The quantitative estimate of drug-likeness (QED) is 0.507. The fourth-order valence-corrected chi connectivity index (χ4v) is 1.68. The Bertz CT molecular complexity index is 744. The third kappa shape index (κ3) is 3.42. The Kier molecular flexibility index (Phi) is 4.42. The fourth-order valence-electron chi connectivity index (χ4n) is 1.68. The van der Waals surface area contributed by atoms with E-state index in [-0.39, 0.29) is 22.7 Å². The first kappa shape index (κ1) is 15.1. The van der Waals surface area contributed by atoms with Crippen molar-refractivity contribution in [3.63, 3.8) is 0 Å². The van der Waals surface area contributed by atoms with Crippen LogP contribution < -0.4 is 5.43 Å². The van der Waals surface area contributed by atoms with Crippen LogP contribution in [0.1, 0.15) is 22.8 Å². The number of phenols is 1. The highest BCUT2D eigenvalue weighted by molar-refractivity contribution is 6.03. The zero-order valence-corrected chi connectivity index (χ0v) is 11.6. The number of amides is 1. The number of aromatic hydroxyl groups is 1. The standard InChI is InChI=1S/C14H12N4O4/c1-9(12-7-11(18(21)22)4-5-13(12)19)16-17-14(20)10-3-2-6-15-8-10/h2-8,19H,1H3,(H,17,20). The molecule has 1 aromatic carbocycles. The number of nitro benzene ring substituents is 1. The first-order chi connectivity index (χ1) is 10.5. The molecule has 0 unspecified atom stereocenters. The van der Waals surface area contributed by atoms with Crippen LogP contribution in [0.25, 0.3) is 0 Å². The number of hydrogen-bond donors (Lipinski definition) is 2. The maximum absolute atomic E-state index is 11.8. The zero-order valence-electron chi connectivity index (χ0n) is 11.6. The lowest BCUT2D eigenvalue weighted by Crippen LogP contribution is -2.19. The summed E-state index contributed by atoms with van der Waals surface area (Å²) in [6.07, 6.45) is 2.91. The molecule has 0 spiro atoms. The average Bonchev–Trinajstić information content (AvgIpc) is 2.53. The first-order valence-corrected chi connectivity index (χ1v) is 6.21. The van der Waals surface area contributed by atoms with Crippen molar-refractivity contribution < 1.29 is 14.8 Å². The lowest BCUT2D eigenvalue weighted by atomic mass is 10.1. The van der Waals surface area contributed by atoms with Crippen molar-refractivity contribution in [1.82, 2.24) is 10.4 Å². The van der Waals surface area contributed by atoms with Crippen molar-refractivity contribution in [2.75, 3.05) is 0 Å². The van der Waals surface area contributed by atoms with Gasteiger partial charge in [-0.15, -0.1) is 0 Å². The molecule has 0 saturated carbocycles. The van der Waals surface area contributed by atoms with E-state index in [0.717, 1.165) is 0 Å². The summed E-state index contributed by atoms with van der Waals surface area (Å²) in [4.78, 5) is 25.8. The predicted molar refractivity (Wildman–Crippen MR) is 78.7 cm³/mol. The molecule has 0 fully saturated rings. The van der Waals surface area contributed by atoms with Gasteiger partial charge < -0.3 is 5.11 Å². The van der Waals surface area contributed by atoms with Crippen LogP contribution in [0.4, 0.5) is 5.69 Å². The van der Waals surface area contributed by atoms with Crippen LogP contribution >= 0.6 is 0 Å². The van der Waals surface area contributed by atoms with Crippen LogP contribution in [0.2, 0.25) is 0 Å². The molecule has 0 bridgehead atoms. The minimum absolute atomic E-state index is 0.164. The summed E-state index contributed by atoms with van der Waals surface area (Å²) in [7, 11) is 0. The van der Waals surface area contributed by atoms with Gasteiger partial charge in [0.15, 0.2) is 0 Å². The number of rotatable bonds is 4. The third-order valence-electron chi connectivity index (χ3n) is 2.83. The molecule has 0 radical (unpaired) electrons. The Hall–Kier alpha value is -3.29. The molecule has 2 N–H and O–H groups in total. The number of carbonyl (C=O) groups is 1. The van der Waals surface area contributed by atoms with E-state index in [1.165, 1.54) is 37.5 Å². The van der Waals surface area contributed by atoms with Gasteiger partial charge in [0, 0.05) is 30.1 Å². The van der Waals surface area contributed by atoms with Gasteiger partial charge >= 0.3 is 0 Å². The van der Waals surface area contributed by atoms with Crippen molar-refractivity contribution >= 4 is 17.3 Å². The second-order valence-electron chi connectivity index (χ2n) is 4.34. The van der Waals surface area contributed by atoms with E-state index in [1.807, 2.05) is 0 Å². The van der Waals surface area contributed by atoms with Gasteiger partial charge in [-0.1, -0.05) is 0 Å². The molecule has 1 heterocycles. The van der Waals surface area contributed by atoms with E-state index in [4.69, 9.17) is 0 Å². The Balaban J connectivity index is 2.21. The lowest BCUT2D eigenvalue weighted by molar-refractivity contribution is -0.384. The summed E-state index contributed by atoms with van der Waals surface area (Å²) >= 11 is 0. The molecule has 8 heteroatoms. The second-order valence-corrected chi connectivity index (χ2v) is 4.34. The monoisotopic (exact) mass is 300 g/mol. The minimum atomic E-state index is -0.579. The topological polar surface area (TPSA) is 118 Å². The number of aromatic nitrogens is 1. The molecule has 0 aliphatic rings. The molecule has 8 nitrogen and oxygen atoms in total. The number of pyridine rings is 1. The Labute approximate surface area is 125 Å². The van der Waals surface area contributed by atoms with Gasteiger partial charge in [-0.05, 0) is 25.1 Å². The van der Waals surface area contributed by atoms with Crippen molar-refractivity contribution in [2.45, 2.75) is 6.92 Å². The number of nitrogens with one attached hydrogen (secondary N) is 1. The maximum Gasteiger partial charge on any atom is 0.272 e. The highest BCUT2D eigenvalue weighted by Crippen LogP contribution is 2.23. The summed E-state index contributed by atoms with van der Waals surface area (Å²) in [5.74, 6) is -0.639. The summed E-state index contributed by atoms with van der Waals surface area (Å²) in [5.41, 5.74) is 2.85. The van der Waals surface area contributed by atoms with E-state index >= 15 is 0 Å². The van der Waals surface area contributed by atoms with E-state index in [0.29, 0.717) is 5.56 Å². The highest BCUT2D eigenvalue weighted by Gasteiger charge is 2.13. The van der Waals surface area contributed by atoms with Gasteiger partial charge in [0.25, 0.3) is 11.6 Å². The van der Waals surface area contributed by atoms with Crippen molar-refractivity contribution in [2.24, 2.45) is 5.10 Å². The second kappa shape index (κ2) is 6.44. The largest absolute Gasteiger partial charge is 0.507 e. The van der Waals surface area contributed by atoms with Gasteiger partial charge in [0.05, 0.1) is 16.2 Å². The molecule has 0 atom stereocenters. The third-order valence-corrected chi connectivity index (χ3v) is 2.83. The molecular formula is C14H12N4O4. The van der Waals surface area contributed by atoms with Crippen LogP contribution in [-0.2, 0) is 0 Å². The summed E-state index contributed by atoms with van der Waals surface area (Å²) in [6, 6.07) is 6.75. The molecule has 2 rings (SSSR count). The van der Waals surface area contributed by atoms with E-state index in [2.05, 4.69) is 15.5 Å². The summed E-state index contributed by atoms with van der Waals surface area (Å²) in [5, 5.41) is 24.3. The van der Waals surface area contributed by atoms with Gasteiger partial charge in [-0.25, -0.2) is 5.43 Å². The molecular weight excluding hydrogens is 288 g/mol. The Morgan fingerprint density at radius 2 is 2.18 bits per heavy atom. The summed E-state index contributed by atoms with van der Waals surface area (Å²) < 4.78 is 0. The van der Waals surface area contributed by atoms with Gasteiger partial charge in [-0.2, -0.15) is 5.10 Å². The molecule has 1 amide bonds. The van der Waals surface area contributed by atoms with Crippen LogP contribution in [0.15, 0.2) is 47.8 Å². The SMILES string of the molecule is CC(=NNC(=O)c1cccnc1)c1cc([N+](=O)[O-])ccc1O. The van der Waals surface area contributed by atoms with Gasteiger partial charge in [0.2, 0.25) is 0 Å². The molecule has 0 saturated heterocycles. The fraction of sp³-hybridized carbons (Fsp3) is 0.0714. The van der Waals surface area contributed by atoms with E-state index < -0.39 is 10.8 Å². The Morgan fingerprint density at radius 3 is 2.82 bits per heavy atom. The summed E-state index contributed by atoms with van der Waals surface area (Å²) in [6.45, 7) is 1.52. The number of hydrazone groups is 1. The first-order valence-electron chi connectivity index (χ1n) is 6.21. The lowest BCUT2D eigenvalue weighted by Gasteiger charge is -2.05. The number of nitrogens with zero attached hydrogens (tertiary/aromatic N) is 3. The minimum Gasteiger partial charge on any atom is -0.507 e. The molecule has 0 aliphatic carbocycles. The predicted octanol–water partition coefficient (Wildman–Crippen LogP) is 1.85. The molecule has 1 aromatic heterocycles. The molecule has 0 aliphatic heterocycles. The van der Waals surface area contributed by atoms with Crippen molar-refractivity contribution in [3.8, 4) is 5.75 Å². The number of hydrogen-bond acceptors (Lipinski definition) is 6. The van der Waals surface area contributed by atoms with Crippen molar-refractivity contribution in [1.29, 1.82) is 0 Å². The van der Waals surface area contributed by atoms with Gasteiger partial charge in [-0.3, -0.25) is 19.9 Å². The normalized spacial score (nSPS) is 11.0. The van der Waals surface area contributed by atoms with Crippen LogP contribution in [0.3, 0.4) is 0 Å². The number of phenolic OH excluding ortho intramolecular Hbond substituents is 1.